The van der Waals surface area contributed by atoms with E-state index in [4.69, 9.17) is 0 Å². The molecule has 7 nitrogen and oxygen atoms in total. The fourth-order valence-corrected chi connectivity index (χ4v) is 3.70. The van der Waals surface area contributed by atoms with Gasteiger partial charge in [0.25, 0.3) is 11.1 Å². The molecular weight excluding hydrogens is 443 g/mol. The summed E-state index contributed by atoms with van der Waals surface area (Å²) in [7, 11) is 0. The molecule has 0 aromatic heterocycles. The van der Waals surface area contributed by atoms with Crippen LogP contribution in [0.25, 0.3) is 6.08 Å². The van der Waals surface area contributed by atoms with E-state index in [0.29, 0.717) is 21.8 Å². The molecule has 2 amide bonds. The van der Waals surface area contributed by atoms with Gasteiger partial charge in [0.1, 0.15) is 5.82 Å². The molecular formula is C17H10BrFN2O5S. The summed E-state index contributed by atoms with van der Waals surface area (Å²) in [5.41, 5.74) is 0.0745. The van der Waals surface area contributed by atoms with E-state index in [-0.39, 0.29) is 17.0 Å². The van der Waals surface area contributed by atoms with Crippen molar-refractivity contribution in [2.24, 2.45) is 0 Å². The zero-order valence-electron chi connectivity index (χ0n) is 13.4. The molecule has 138 valence electrons. The SMILES string of the molecule is O=C1S/C(=C\c2cc(Br)cc([N+](=O)[O-])c2O)C(=O)N1Cc1ccc(F)cc1. The summed E-state index contributed by atoms with van der Waals surface area (Å²) >= 11 is 3.77. The quantitative estimate of drug-likeness (QED) is 0.418. The highest BCUT2D eigenvalue weighted by Crippen LogP contribution is 2.38. The molecule has 3 rings (SSSR count). The Labute approximate surface area is 164 Å². The van der Waals surface area contributed by atoms with Crippen molar-refractivity contribution < 1.29 is 24.0 Å². The van der Waals surface area contributed by atoms with Gasteiger partial charge in [-0.15, -0.1) is 0 Å². The third-order valence-corrected chi connectivity index (χ3v) is 5.06. The molecule has 2 aromatic rings. The van der Waals surface area contributed by atoms with Crippen LogP contribution in [-0.4, -0.2) is 26.1 Å². The van der Waals surface area contributed by atoms with Crippen LogP contribution in [0.4, 0.5) is 14.9 Å². The van der Waals surface area contributed by atoms with E-state index in [2.05, 4.69) is 15.9 Å². The Hall–Kier alpha value is -2.72. The van der Waals surface area contributed by atoms with Gasteiger partial charge in [-0.25, -0.2) is 4.39 Å². The Morgan fingerprint density at radius 1 is 1.26 bits per heavy atom. The molecule has 0 spiro atoms. The maximum Gasteiger partial charge on any atom is 0.312 e. The van der Waals surface area contributed by atoms with Crippen molar-refractivity contribution >= 4 is 50.6 Å². The summed E-state index contributed by atoms with van der Waals surface area (Å²) in [5.74, 6) is -1.63. The van der Waals surface area contributed by atoms with Crippen LogP contribution in [-0.2, 0) is 11.3 Å². The number of rotatable bonds is 4. The molecule has 0 radical (unpaired) electrons. The van der Waals surface area contributed by atoms with Crippen molar-refractivity contribution in [3.8, 4) is 5.75 Å². The van der Waals surface area contributed by atoms with E-state index in [9.17, 15) is 29.2 Å². The highest BCUT2D eigenvalue weighted by atomic mass is 79.9. The summed E-state index contributed by atoms with van der Waals surface area (Å²) in [4.78, 5) is 35.9. The molecule has 1 aliphatic rings. The second kappa shape index (κ2) is 7.49. The highest BCUT2D eigenvalue weighted by Gasteiger charge is 2.35. The number of amides is 2. The number of nitro benzene ring substituents is 1. The summed E-state index contributed by atoms with van der Waals surface area (Å²) in [6.45, 7) is -0.0348. The lowest BCUT2D eigenvalue weighted by Crippen LogP contribution is -2.27. The predicted octanol–water partition coefficient (Wildman–Crippen LogP) is 4.44. The molecule has 2 aromatic carbocycles. The van der Waals surface area contributed by atoms with Gasteiger partial charge in [-0.3, -0.25) is 24.6 Å². The molecule has 1 saturated heterocycles. The lowest BCUT2D eigenvalue weighted by Gasteiger charge is -2.12. The summed E-state index contributed by atoms with van der Waals surface area (Å²) < 4.78 is 13.3. The summed E-state index contributed by atoms with van der Waals surface area (Å²) in [6.07, 6.45) is 1.22. The molecule has 0 aliphatic carbocycles. The van der Waals surface area contributed by atoms with Crippen LogP contribution in [0.1, 0.15) is 11.1 Å². The average molecular weight is 453 g/mol. The van der Waals surface area contributed by atoms with Crippen molar-refractivity contribution in [1.29, 1.82) is 0 Å². The molecule has 0 atom stereocenters. The van der Waals surface area contributed by atoms with Crippen molar-refractivity contribution in [2.45, 2.75) is 6.54 Å². The number of hydrogen-bond donors (Lipinski definition) is 1. The Kier molecular flexibility index (Phi) is 5.29. The second-order valence-corrected chi connectivity index (χ2v) is 7.42. The number of halogens is 2. The fraction of sp³-hybridized carbons (Fsp3) is 0.0588. The van der Waals surface area contributed by atoms with Crippen LogP contribution in [0.3, 0.4) is 0 Å². The third kappa shape index (κ3) is 4.01. The fourth-order valence-electron chi connectivity index (χ4n) is 2.40. The van der Waals surface area contributed by atoms with Gasteiger partial charge in [0.05, 0.1) is 16.4 Å². The van der Waals surface area contributed by atoms with Crippen LogP contribution in [0.2, 0.25) is 0 Å². The minimum absolute atomic E-state index is 0.0183. The van der Waals surface area contributed by atoms with Crippen LogP contribution in [0, 0.1) is 15.9 Å². The van der Waals surface area contributed by atoms with E-state index in [0.717, 1.165) is 11.0 Å². The van der Waals surface area contributed by atoms with Crippen LogP contribution in [0.15, 0.2) is 45.8 Å². The van der Waals surface area contributed by atoms with Crippen LogP contribution < -0.4 is 0 Å². The van der Waals surface area contributed by atoms with Gasteiger partial charge in [-0.05, 0) is 41.6 Å². The molecule has 1 fully saturated rings. The van der Waals surface area contributed by atoms with Crippen molar-refractivity contribution in [1.82, 2.24) is 4.90 Å². The first-order valence-electron chi connectivity index (χ1n) is 7.43. The number of imide groups is 1. The standard InChI is InChI=1S/C17H10BrFN2O5S/c18-11-5-10(15(22)13(7-11)21(25)26)6-14-16(23)20(17(24)27-14)8-9-1-3-12(19)4-2-9/h1-7,22H,8H2/b14-6-. The van der Waals surface area contributed by atoms with Gasteiger partial charge in [0.15, 0.2) is 0 Å². The molecule has 0 bridgehead atoms. The van der Waals surface area contributed by atoms with Crippen molar-refractivity contribution in [3.63, 3.8) is 0 Å². The smallest absolute Gasteiger partial charge is 0.312 e. The lowest BCUT2D eigenvalue weighted by atomic mass is 10.1. The van der Waals surface area contributed by atoms with E-state index in [1.807, 2.05) is 0 Å². The van der Waals surface area contributed by atoms with Gasteiger partial charge in [0.2, 0.25) is 5.75 Å². The van der Waals surface area contributed by atoms with Gasteiger partial charge >= 0.3 is 5.69 Å². The molecule has 10 heteroatoms. The molecule has 0 unspecified atom stereocenters. The Morgan fingerprint density at radius 3 is 2.56 bits per heavy atom. The summed E-state index contributed by atoms with van der Waals surface area (Å²) in [5, 5.41) is 20.5. The monoisotopic (exact) mass is 452 g/mol. The van der Waals surface area contributed by atoms with Gasteiger partial charge < -0.3 is 5.11 Å². The van der Waals surface area contributed by atoms with Gasteiger partial charge in [0, 0.05) is 16.1 Å². The zero-order valence-corrected chi connectivity index (χ0v) is 15.8. The first kappa shape index (κ1) is 19.1. The van der Waals surface area contributed by atoms with Crippen molar-refractivity contribution in [2.75, 3.05) is 0 Å². The number of thioether (sulfide) groups is 1. The zero-order chi connectivity index (χ0) is 19.7. The van der Waals surface area contributed by atoms with Crippen molar-refractivity contribution in [3.05, 3.63) is 72.8 Å². The molecule has 27 heavy (non-hydrogen) atoms. The topological polar surface area (TPSA) is 101 Å². The van der Waals surface area contributed by atoms with E-state index in [1.54, 1.807) is 0 Å². The number of nitrogens with zero attached hydrogens (tertiary/aromatic N) is 2. The van der Waals surface area contributed by atoms with Gasteiger partial charge in [-0.2, -0.15) is 0 Å². The maximum absolute atomic E-state index is 13.0. The number of carbonyl (C=O) groups is 2. The first-order valence-corrected chi connectivity index (χ1v) is 9.04. The number of phenolic OH excluding ortho intramolecular Hbond substituents is 1. The predicted molar refractivity (Wildman–Crippen MR) is 100 cm³/mol. The Bertz CT molecular complexity index is 994. The number of carbonyl (C=O) groups excluding carboxylic acids is 2. The molecule has 0 saturated carbocycles. The highest BCUT2D eigenvalue weighted by molar-refractivity contribution is 9.10. The molecule has 1 heterocycles. The second-order valence-electron chi connectivity index (χ2n) is 5.51. The Morgan fingerprint density at radius 2 is 1.93 bits per heavy atom. The van der Waals surface area contributed by atoms with Crippen LogP contribution in [0.5, 0.6) is 5.75 Å². The number of benzene rings is 2. The van der Waals surface area contributed by atoms with E-state index < -0.39 is 33.3 Å². The van der Waals surface area contributed by atoms with E-state index in [1.165, 1.54) is 36.4 Å². The van der Waals surface area contributed by atoms with Crippen LogP contribution >= 0.6 is 27.7 Å². The lowest BCUT2D eigenvalue weighted by molar-refractivity contribution is -0.385. The number of aromatic hydroxyl groups is 1. The maximum atomic E-state index is 13.0. The number of nitro groups is 1. The summed E-state index contributed by atoms with van der Waals surface area (Å²) in [6, 6.07) is 7.91. The Balaban J connectivity index is 1.90. The minimum atomic E-state index is -0.752. The first-order chi connectivity index (χ1) is 12.8. The third-order valence-electron chi connectivity index (χ3n) is 3.69. The number of phenols is 1. The van der Waals surface area contributed by atoms with Gasteiger partial charge in [-0.1, -0.05) is 28.1 Å². The number of hydrogen-bond acceptors (Lipinski definition) is 6. The molecule has 1 N–H and O–H groups in total. The van der Waals surface area contributed by atoms with E-state index >= 15 is 0 Å². The normalized spacial score (nSPS) is 15.6. The largest absolute Gasteiger partial charge is 0.502 e. The average Bonchev–Trinajstić information content (AvgIpc) is 2.87. The molecule has 1 aliphatic heterocycles. The minimum Gasteiger partial charge on any atom is -0.502 e.